The predicted molar refractivity (Wildman–Crippen MR) is 123 cm³/mol. The quantitative estimate of drug-likeness (QED) is 0.410. The number of nitrogen functional groups attached to an aromatic ring is 1. The molecule has 5 nitrogen and oxygen atoms in total. The lowest BCUT2D eigenvalue weighted by Gasteiger charge is -2.18. The highest BCUT2D eigenvalue weighted by Gasteiger charge is 2.31. The summed E-state index contributed by atoms with van der Waals surface area (Å²) in [6.45, 7) is 4.06. The summed E-state index contributed by atoms with van der Waals surface area (Å²) in [5.41, 5.74) is 9.66. The van der Waals surface area contributed by atoms with E-state index in [0.717, 1.165) is 35.0 Å². The summed E-state index contributed by atoms with van der Waals surface area (Å²) in [5.74, 6) is 0.161. The molecule has 0 bridgehead atoms. The molecule has 1 saturated carbocycles. The average molecular weight is 425 g/mol. The van der Waals surface area contributed by atoms with Crippen molar-refractivity contribution < 1.29 is 8.60 Å². The van der Waals surface area contributed by atoms with Crippen molar-refractivity contribution >= 4 is 38.2 Å². The second kappa shape index (κ2) is 7.47. The monoisotopic (exact) mass is 424 g/mol. The van der Waals surface area contributed by atoms with Gasteiger partial charge in [-0.2, -0.15) is 4.36 Å². The summed E-state index contributed by atoms with van der Waals surface area (Å²) in [6.07, 6.45) is 4.74. The molecule has 156 valence electrons. The molecule has 0 amide bonds. The number of halogens is 1. The van der Waals surface area contributed by atoms with Crippen LogP contribution < -0.4 is 5.73 Å². The van der Waals surface area contributed by atoms with Crippen molar-refractivity contribution in [2.45, 2.75) is 37.9 Å². The van der Waals surface area contributed by atoms with Gasteiger partial charge < -0.3 is 11.1 Å². The Bertz CT molecular complexity index is 1270. The first-order valence-electron chi connectivity index (χ1n) is 9.95. The van der Waals surface area contributed by atoms with Gasteiger partial charge in [0.05, 0.1) is 15.4 Å². The number of benzene rings is 2. The minimum atomic E-state index is -2.41. The minimum Gasteiger partial charge on any atom is -0.398 e. The number of nitrogens with one attached hydrogen (secondary N) is 1. The molecule has 3 aromatic rings. The SMILES string of the molecule is CC(C)c1nc(N=S(C)(=O)C2CC2)c2cc(N)c(C=N)cc2c1-c1ccc(F)cc1. The molecule has 1 atom stereocenters. The minimum absolute atomic E-state index is 0.0539. The third kappa shape index (κ3) is 3.69. The van der Waals surface area contributed by atoms with Crippen LogP contribution >= 0.6 is 0 Å². The molecule has 0 radical (unpaired) electrons. The molecule has 4 rings (SSSR count). The maximum Gasteiger partial charge on any atom is 0.169 e. The number of nitrogens with zero attached hydrogens (tertiary/aromatic N) is 2. The molecule has 1 aliphatic rings. The zero-order valence-electron chi connectivity index (χ0n) is 17.3. The number of aromatic nitrogens is 1. The molecule has 0 spiro atoms. The Morgan fingerprint density at radius 2 is 1.90 bits per heavy atom. The van der Waals surface area contributed by atoms with Crippen molar-refractivity contribution in [3.05, 3.63) is 53.5 Å². The Balaban J connectivity index is 2.13. The molecule has 1 heterocycles. The molecule has 1 fully saturated rings. The van der Waals surface area contributed by atoms with Crippen LogP contribution in [0.3, 0.4) is 0 Å². The van der Waals surface area contributed by atoms with E-state index < -0.39 is 9.73 Å². The van der Waals surface area contributed by atoms with Crippen LogP contribution in [0.5, 0.6) is 0 Å². The van der Waals surface area contributed by atoms with Crippen molar-refractivity contribution in [3.63, 3.8) is 0 Å². The van der Waals surface area contributed by atoms with Gasteiger partial charge in [0.1, 0.15) is 5.82 Å². The van der Waals surface area contributed by atoms with Crippen LogP contribution in [-0.4, -0.2) is 26.9 Å². The summed E-state index contributed by atoms with van der Waals surface area (Å²) in [7, 11) is -2.41. The maximum atomic E-state index is 13.6. The van der Waals surface area contributed by atoms with Crippen molar-refractivity contribution in [2.24, 2.45) is 4.36 Å². The molecule has 1 aromatic heterocycles. The van der Waals surface area contributed by atoms with Crippen molar-refractivity contribution in [1.29, 1.82) is 5.41 Å². The second-order valence-electron chi connectivity index (χ2n) is 8.18. The predicted octanol–water partition coefficient (Wildman–Crippen LogP) is 5.64. The molecule has 0 saturated heterocycles. The number of rotatable bonds is 5. The van der Waals surface area contributed by atoms with Gasteiger partial charge in [0.2, 0.25) is 0 Å². The molecule has 2 aromatic carbocycles. The Kier molecular flexibility index (Phi) is 5.10. The summed E-state index contributed by atoms with van der Waals surface area (Å²) in [4.78, 5) is 4.84. The van der Waals surface area contributed by atoms with Gasteiger partial charge in [0.15, 0.2) is 5.82 Å². The highest BCUT2D eigenvalue weighted by atomic mass is 32.2. The molecular weight excluding hydrogens is 399 g/mol. The van der Waals surface area contributed by atoms with Crippen LogP contribution in [0.25, 0.3) is 21.9 Å². The zero-order valence-corrected chi connectivity index (χ0v) is 18.1. The third-order valence-electron chi connectivity index (χ3n) is 5.46. The van der Waals surface area contributed by atoms with E-state index in [1.54, 1.807) is 24.5 Å². The van der Waals surface area contributed by atoms with Crippen LogP contribution in [-0.2, 0) is 9.73 Å². The van der Waals surface area contributed by atoms with Gasteiger partial charge in [-0.25, -0.2) is 13.6 Å². The van der Waals surface area contributed by atoms with E-state index in [0.29, 0.717) is 22.5 Å². The van der Waals surface area contributed by atoms with Gasteiger partial charge in [0, 0.05) is 39.9 Å². The lowest BCUT2D eigenvalue weighted by atomic mass is 9.91. The lowest BCUT2D eigenvalue weighted by Crippen LogP contribution is -2.05. The van der Waals surface area contributed by atoms with Gasteiger partial charge in [-0.05, 0) is 54.0 Å². The summed E-state index contributed by atoms with van der Waals surface area (Å²) in [5, 5.41) is 9.34. The van der Waals surface area contributed by atoms with E-state index in [9.17, 15) is 8.60 Å². The molecule has 0 aliphatic heterocycles. The van der Waals surface area contributed by atoms with Crippen LogP contribution in [0.1, 0.15) is 43.9 Å². The highest BCUT2D eigenvalue weighted by molar-refractivity contribution is 7.93. The Labute approximate surface area is 176 Å². The first kappa shape index (κ1) is 20.5. The molecule has 7 heteroatoms. The van der Waals surface area contributed by atoms with E-state index in [-0.39, 0.29) is 17.0 Å². The topological polar surface area (TPSA) is 92.2 Å². The number of pyridine rings is 1. The van der Waals surface area contributed by atoms with E-state index in [4.69, 9.17) is 16.1 Å². The standard InChI is InChI=1S/C23H25FN4OS/c1-13(2)22-21(14-4-6-16(24)7-5-14)18-10-15(12-25)20(26)11-19(18)23(27-22)28-30(3,29)17-8-9-17/h4-7,10-13,17,25H,8-9,26H2,1-3H3. The summed E-state index contributed by atoms with van der Waals surface area (Å²) < 4.78 is 31.3. The van der Waals surface area contributed by atoms with E-state index in [2.05, 4.69) is 4.36 Å². The molecule has 3 N–H and O–H groups in total. The largest absolute Gasteiger partial charge is 0.398 e. The van der Waals surface area contributed by atoms with E-state index in [1.165, 1.54) is 18.3 Å². The smallest absolute Gasteiger partial charge is 0.169 e. The Hall–Kier alpha value is -2.80. The van der Waals surface area contributed by atoms with Gasteiger partial charge in [-0.15, -0.1) is 0 Å². The fourth-order valence-electron chi connectivity index (χ4n) is 3.68. The third-order valence-corrected chi connectivity index (χ3v) is 7.71. The number of nitrogens with two attached hydrogens (primary N) is 1. The molecule has 30 heavy (non-hydrogen) atoms. The van der Waals surface area contributed by atoms with Gasteiger partial charge in [-0.1, -0.05) is 26.0 Å². The molecular formula is C23H25FN4OS. The normalized spacial score (nSPS) is 15.9. The Morgan fingerprint density at radius 1 is 1.23 bits per heavy atom. The fraction of sp³-hybridized carbons (Fsp3) is 0.304. The van der Waals surface area contributed by atoms with Gasteiger partial charge in [0.25, 0.3) is 0 Å². The number of fused-ring (bicyclic) bond motifs is 1. The molecule has 1 unspecified atom stereocenters. The number of hydrogen-bond donors (Lipinski definition) is 2. The first-order valence-corrected chi connectivity index (χ1v) is 11.9. The first-order chi connectivity index (χ1) is 14.2. The summed E-state index contributed by atoms with van der Waals surface area (Å²) in [6, 6.07) is 9.89. The van der Waals surface area contributed by atoms with Crippen LogP contribution in [0.4, 0.5) is 15.9 Å². The van der Waals surface area contributed by atoms with Crippen LogP contribution in [0, 0.1) is 11.2 Å². The maximum absolute atomic E-state index is 13.6. The highest BCUT2D eigenvalue weighted by Crippen LogP contribution is 2.41. The fourth-order valence-corrected chi connectivity index (χ4v) is 5.32. The number of anilines is 1. The lowest BCUT2D eigenvalue weighted by molar-refractivity contribution is 0.628. The second-order valence-corrected chi connectivity index (χ2v) is 10.8. The van der Waals surface area contributed by atoms with Crippen LogP contribution in [0.15, 0.2) is 40.8 Å². The average Bonchev–Trinajstić information content (AvgIpc) is 3.54. The number of hydrogen-bond acceptors (Lipinski definition) is 5. The van der Waals surface area contributed by atoms with Gasteiger partial charge in [-0.3, -0.25) is 0 Å². The van der Waals surface area contributed by atoms with Gasteiger partial charge >= 0.3 is 0 Å². The van der Waals surface area contributed by atoms with Crippen molar-refractivity contribution in [2.75, 3.05) is 12.0 Å². The molecule has 1 aliphatic carbocycles. The summed E-state index contributed by atoms with van der Waals surface area (Å²) >= 11 is 0. The van der Waals surface area contributed by atoms with Crippen molar-refractivity contribution in [3.8, 4) is 11.1 Å². The van der Waals surface area contributed by atoms with E-state index >= 15 is 0 Å². The van der Waals surface area contributed by atoms with E-state index in [1.807, 2.05) is 19.9 Å². The van der Waals surface area contributed by atoms with Crippen LogP contribution in [0.2, 0.25) is 0 Å². The Morgan fingerprint density at radius 3 is 2.47 bits per heavy atom. The van der Waals surface area contributed by atoms with Crippen molar-refractivity contribution in [1.82, 2.24) is 4.98 Å². The zero-order chi connectivity index (χ0) is 21.6.